The van der Waals surface area contributed by atoms with Gasteiger partial charge >= 0.3 is 17.9 Å². The number of hydrogen-bond donors (Lipinski definition) is 1. The fraction of sp³-hybridized carbons (Fsp3) is 0.824. The lowest BCUT2D eigenvalue weighted by Gasteiger charge is -2.34. The van der Waals surface area contributed by atoms with E-state index in [1.54, 1.807) is 0 Å². The predicted molar refractivity (Wildman–Crippen MR) is 75.4 cm³/mol. The van der Waals surface area contributed by atoms with E-state index in [1.807, 2.05) is 0 Å². The molecule has 132 valence electrons. The lowest BCUT2D eigenvalue weighted by Crippen LogP contribution is -2.51. The number of ether oxygens (including phenoxy) is 4. The second-order valence-electron chi connectivity index (χ2n) is 8.72. The average molecular weight is 347 g/mol. The number of carbonyl (C=O) groups is 3. The second kappa shape index (κ2) is 3.71. The maximum atomic E-state index is 13.0. The number of fused-ring (bicyclic) bond motifs is 1. The first-order valence-electron chi connectivity index (χ1n) is 9.05. The van der Waals surface area contributed by atoms with E-state index in [0.29, 0.717) is 12.3 Å². The molecule has 7 fully saturated rings. The van der Waals surface area contributed by atoms with Gasteiger partial charge < -0.3 is 24.7 Å². The minimum Gasteiger partial charge on any atom is -0.460 e. The smallest absolute Gasteiger partial charge is 0.312 e. The Balaban J connectivity index is 1.19. The summed E-state index contributed by atoms with van der Waals surface area (Å²) < 4.78 is 22.4. The second-order valence-corrected chi connectivity index (χ2v) is 8.72. The molecule has 12 atom stereocenters. The Hall–Kier alpha value is -1.67. The van der Waals surface area contributed by atoms with Gasteiger partial charge in [0, 0.05) is 11.5 Å². The molecule has 4 heterocycles. The highest BCUT2D eigenvalue weighted by Gasteiger charge is 2.88. The molecule has 7 rings (SSSR count). The first kappa shape index (κ1) is 13.5. The zero-order chi connectivity index (χ0) is 16.8. The van der Waals surface area contributed by atoms with Crippen molar-refractivity contribution in [2.45, 2.75) is 49.4 Å². The minimum atomic E-state index is -0.572. The van der Waals surface area contributed by atoms with Crippen molar-refractivity contribution in [3.05, 3.63) is 0 Å². The van der Waals surface area contributed by atoms with Crippen LogP contribution in [-0.2, 0) is 33.3 Å². The highest BCUT2D eigenvalue weighted by Crippen LogP contribution is 2.81. The molecule has 8 nitrogen and oxygen atoms in total. The highest BCUT2D eigenvalue weighted by molar-refractivity contribution is 5.88. The molecule has 3 aliphatic carbocycles. The lowest BCUT2D eigenvalue weighted by molar-refractivity contribution is -0.169. The summed E-state index contributed by atoms with van der Waals surface area (Å²) in [6.45, 7) is 0. The van der Waals surface area contributed by atoms with Crippen LogP contribution in [0.1, 0.15) is 12.8 Å². The van der Waals surface area contributed by atoms with E-state index in [-0.39, 0.29) is 53.5 Å². The van der Waals surface area contributed by atoms with E-state index >= 15 is 0 Å². The molecule has 1 spiro atoms. The maximum absolute atomic E-state index is 13.0. The molecule has 0 aromatic rings. The molecule has 25 heavy (non-hydrogen) atoms. The van der Waals surface area contributed by atoms with E-state index in [1.165, 1.54) is 0 Å². The third-order valence-corrected chi connectivity index (χ3v) is 8.05. The molecule has 7 aliphatic rings. The molecule has 0 aromatic carbocycles. The zero-order valence-electron chi connectivity index (χ0n) is 13.2. The van der Waals surface area contributed by atoms with Crippen LogP contribution in [0.3, 0.4) is 0 Å². The summed E-state index contributed by atoms with van der Waals surface area (Å²) in [4.78, 5) is 37.1. The van der Waals surface area contributed by atoms with E-state index in [9.17, 15) is 14.4 Å². The Morgan fingerprint density at radius 1 is 1.20 bits per heavy atom. The van der Waals surface area contributed by atoms with Crippen molar-refractivity contribution < 1.29 is 33.3 Å². The number of carbonyl (C=O) groups excluding carboxylic acids is 3. The van der Waals surface area contributed by atoms with E-state index in [0.717, 1.165) is 6.42 Å². The molecule has 8 heteroatoms. The Labute approximate surface area is 142 Å². The highest BCUT2D eigenvalue weighted by atomic mass is 16.7. The molecule has 12 unspecified atom stereocenters. The van der Waals surface area contributed by atoms with Crippen molar-refractivity contribution in [2.24, 2.45) is 40.7 Å². The van der Waals surface area contributed by atoms with Gasteiger partial charge in [0.1, 0.15) is 12.2 Å². The summed E-state index contributed by atoms with van der Waals surface area (Å²) in [5, 5.41) is 0. The van der Waals surface area contributed by atoms with E-state index in [4.69, 9.17) is 24.7 Å². The van der Waals surface area contributed by atoms with Crippen LogP contribution in [0.5, 0.6) is 0 Å². The summed E-state index contributed by atoms with van der Waals surface area (Å²) in [5.41, 5.74) is 6.05. The van der Waals surface area contributed by atoms with Crippen molar-refractivity contribution in [2.75, 3.05) is 0 Å². The van der Waals surface area contributed by atoms with Crippen molar-refractivity contribution in [3.63, 3.8) is 0 Å². The topological polar surface area (TPSA) is 114 Å². The van der Waals surface area contributed by atoms with Crippen LogP contribution in [0.25, 0.3) is 0 Å². The fourth-order valence-electron chi connectivity index (χ4n) is 7.19. The SMILES string of the molecule is NC1C2C(C(=O)OC3C4CC5C(=O)OC3C5O4)C3C(=O)OC1C31CC21. The third-order valence-electron chi connectivity index (χ3n) is 8.05. The fourth-order valence-corrected chi connectivity index (χ4v) is 7.19. The molecule has 4 saturated heterocycles. The summed E-state index contributed by atoms with van der Waals surface area (Å²) in [6.07, 6.45) is -0.447. The van der Waals surface area contributed by atoms with Crippen LogP contribution in [0.2, 0.25) is 0 Å². The molecule has 4 aliphatic heterocycles. The standard InChI is InChI=1S/C17H17NO7/c18-9-6-4-2-17(4)8(16(21)25-13(9)17)7(6)15(20)23-11-5-1-3-10(22-5)12(11)24-14(3)19/h3-13H,1-2,18H2. The van der Waals surface area contributed by atoms with Gasteiger partial charge in [-0.15, -0.1) is 0 Å². The largest absolute Gasteiger partial charge is 0.460 e. The maximum Gasteiger partial charge on any atom is 0.312 e. The Kier molecular flexibility index (Phi) is 2.01. The molecule has 0 radical (unpaired) electrons. The van der Waals surface area contributed by atoms with E-state index in [2.05, 4.69) is 0 Å². The Morgan fingerprint density at radius 2 is 2.04 bits per heavy atom. The molecular formula is C17H17NO7. The molecule has 3 saturated carbocycles. The van der Waals surface area contributed by atoms with Gasteiger partial charge in [0.05, 0.1) is 23.9 Å². The molecule has 4 bridgehead atoms. The Morgan fingerprint density at radius 3 is 2.88 bits per heavy atom. The van der Waals surface area contributed by atoms with E-state index < -0.39 is 30.0 Å². The van der Waals surface area contributed by atoms with Gasteiger partial charge in [0.15, 0.2) is 12.2 Å². The number of hydrogen-bond acceptors (Lipinski definition) is 8. The summed E-state index contributed by atoms with van der Waals surface area (Å²) in [5.74, 6) is -1.90. The lowest BCUT2D eigenvalue weighted by atomic mass is 9.70. The summed E-state index contributed by atoms with van der Waals surface area (Å²) >= 11 is 0. The molecule has 2 N–H and O–H groups in total. The quantitative estimate of drug-likeness (QED) is 0.487. The predicted octanol–water partition coefficient (Wildman–Crippen LogP) is -1.25. The van der Waals surface area contributed by atoms with Gasteiger partial charge in [0.25, 0.3) is 0 Å². The first-order chi connectivity index (χ1) is 12.0. The van der Waals surface area contributed by atoms with Gasteiger partial charge in [-0.2, -0.15) is 0 Å². The van der Waals surface area contributed by atoms with Crippen LogP contribution < -0.4 is 5.73 Å². The van der Waals surface area contributed by atoms with Crippen LogP contribution in [0, 0.1) is 35.0 Å². The van der Waals surface area contributed by atoms with Crippen molar-refractivity contribution in [1.82, 2.24) is 0 Å². The van der Waals surface area contributed by atoms with Gasteiger partial charge in [-0.1, -0.05) is 0 Å². The van der Waals surface area contributed by atoms with Gasteiger partial charge in [0.2, 0.25) is 0 Å². The number of nitrogens with two attached hydrogens (primary N) is 1. The summed E-state index contributed by atoms with van der Waals surface area (Å²) in [6, 6.07) is -0.288. The normalized spacial score (nSPS) is 63.6. The Bertz CT molecular complexity index is 766. The molecule has 0 amide bonds. The average Bonchev–Trinajstić information content (AvgIpc) is 2.97. The number of rotatable bonds is 2. The van der Waals surface area contributed by atoms with Crippen LogP contribution in [0.4, 0.5) is 0 Å². The minimum absolute atomic E-state index is 0.0488. The summed E-state index contributed by atoms with van der Waals surface area (Å²) in [7, 11) is 0. The van der Waals surface area contributed by atoms with Crippen LogP contribution >= 0.6 is 0 Å². The van der Waals surface area contributed by atoms with Crippen molar-refractivity contribution >= 4 is 17.9 Å². The molecule has 0 aromatic heterocycles. The number of esters is 3. The van der Waals surface area contributed by atoms with Gasteiger partial charge in [-0.3, -0.25) is 14.4 Å². The van der Waals surface area contributed by atoms with Crippen molar-refractivity contribution in [3.8, 4) is 0 Å². The third kappa shape index (κ3) is 1.21. The van der Waals surface area contributed by atoms with Crippen LogP contribution in [-0.4, -0.2) is 54.5 Å². The van der Waals surface area contributed by atoms with Gasteiger partial charge in [-0.25, -0.2) is 0 Å². The first-order valence-corrected chi connectivity index (χ1v) is 9.05. The monoisotopic (exact) mass is 347 g/mol. The van der Waals surface area contributed by atoms with Crippen molar-refractivity contribution in [1.29, 1.82) is 0 Å². The van der Waals surface area contributed by atoms with Gasteiger partial charge in [-0.05, 0) is 24.7 Å². The molecular weight excluding hydrogens is 330 g/mol. The zero-order valence-corrected chi connectivity index (χ0v) is 13.2. The van der Waals surface area contributed by atoms with Crippen LogP contribution in [0.15, 0.2) is 0 Å².